The lowest BCUT2D eigenvalue weighted by molar-refractivity contribution is 0.0603. The molecule has 1 aromatic carbocycles. The Bertz CT molecular complexity index is 740. The molecule has 0 unspecified atom stereocenters. The molecule has 1 atom stereocenters. The fraction of sp³-hybridized carbons (Fsp3) is 0.389. The van der Waals surface area contributed by atoms with Crippen molar-refractivity contribution in [2.75, 3.05) is 19.6 Å². The van der Waals surface area contributed by atoms with Gasteiger partial charge in [0.05, 0.1) is 0 Å². The first kappa shape index (κ1) is 15.7. The molecular weight excluding hydrogens is 327 g/mol. The fourth-order valence-electron chi connectivity index (χ4n) is 3.51. The molecule has 0 radical (unpaired) electrons. The van der Waals surface area contributed by atoms with Gasteiger partial charge in [0, 0.05) is 17.5 Å². The van der Waals surface area contributed by atoms with E-state index in [2.05, 4.69) is 10.2 Å². The molecule has 1 amide bonds. The van der Waals surface area contributed by atoms with E-state index in [1.165, 1.54) is 23.9 Å². The van der Waals surface area contributed by atoms with Gasteiger partial charge in [0.1, 0.15) is 5.82 Å². The Morgan fingerprint density at radius 2 is 2.08 bits per heavy atom. The predicted octanol–water partition coefficient (Wildman–Crippen LogP) is 3.39. The third-order valence-electron chi connectivity index (χ3n) is 4.79. The van der Waals surface area contributed by atoms with Crippen molar-refractivity contribution >= 4 is 17.7 Å². The van der Waals surface area contributed by atoms with E-state index in [1.54, 1.807) is 18.2 Å². The second kappa shape index (κ2) is 6.61. The lowest BCUT2D eigenvalue weighted by Crippen LogP contribution is -2.57. The summed E-state index contributed by atoms with van der Waals surface area (Å²) >= 11 is 1.30. The van der Waals surface area contributed by atoms with Crippen molar-refractivity contribution in [2.45, 2.75) is 28.9 Å². The first-order valence-corrected chi connectivity index (χ1v) is 9.05. The molecule has 2 aromatic rings. The number of nitrogens with zero attached hydrogens (tertiary/aromatic N) is 1. The zero-order valence-corrected chi connectivity index (χ0v) is 14.0. The SMILES string of the molecule is O=C(N[C@H]1CN2CCC1CC2)c1ccc(Sc2cccc(F)c2)o1. The summed E-state index contributed by atoms with van der Waals surface area (Å²) < 4.78 is 18.9. The maximum atomic E-state index is 13.2. The van der Waals surface area contributed by atoms with Crippen LogP contribution in [-0.2, 0) is 0 Å². The van der Waals surface area contributed by atoms with Gasteiger partial charge in [0.2, 0.25) is 0 Å². The standard InChI is InChI=1S/C18H19FN2O2S/c19-13-2-1-3-14(10-13)24-17-5-4-16(23-17)18(22)20-15-11-21-8-6-12(15)7-9-21/h1-5,10,12,15H,6-9,11H2,(H,20,22)/t15-/m0/s1. The number of piperidine rings is 3. The van der Waals surface area contributed by atoms with Crippen LogP contribution in [0.15, 0.2) is 50.8 Å². The Kier molecular flexibility index (Phi) is 4.33. The first-order chi connectivity index (χ1) is 11.7. The van der Waals surface area contributed by atoms with E-state index < -0.39 is 0 Å². The fourth-order valence-corrected chi connectivity index (χ4v) is 4.33. The van der Waals surface area contributed by atoms with Gasteiger partial charge >= 0.3 is 0 Å². The van der Waals surface area contributed by atoms with Crippen molar-refractivity contribution in [3.8, 4) is 0 Å². The van der Waals surface area contributed by atoms with Crippen molar-refractivity contribution in [3.63, 3.8) is 0 Å². The molecule has 24 heavy (non-hydrogen) atoms. The summed E-state index contributed by atoms with van der Waals surface area (Å²) in [6, 6.07) is 9.95. The third kappa shape index (κ3) is 3.35. The van der Waals surface area contributed by atoms with Gasteiger partial charge < -0.3 is 14.6 Å². The average molecular weight is 346 g/mol. The lowest BCUT2D eigenvalue weighted by Gasteiger charge is -2.44. The van der Waals surface area contributed by atoms with E-state index >= 15 is 0 Å². The highest BCUT2D eigenvalue weighted by Crippen LogP contribution is 2.30. The number of hydrogen-bond donors (Lipinski definition) is 1. The largest absolute Gasteiger partial charge is 0.444 e. The van der Waals surface area contributed by atoms with E-state index in [0.717, 1.165) is 37.4 Å². The summed E-state index contributed by atoms with van der Waals surface area (Å²) in [6.07, 6.45) is 2.31. The number of nitrogens with one attached hydrogen (secondary N) is 1. The van der Waals surface area contributed by atoms with Gasteiger partial charge in [-0.1, -0.05) is 17.8 Å². The first-order valence-electron chi connectivity index (χ1n) is 8.24. The maximum Gasteiger partial charge on any atom is 0.287 e. The van der Waals surface area contributed by atoms with E-state index in [1.807, 2.05) is 6.07 Å². The summed E-state index contributed by atoms with van der Waals surface area (Å²) in [5.41, 5.74) is 0. The molecule has 126 valence electrons. The molecule has 0 saturated carbocycles. The minimum absolute atomic E-state index is 0.167. The molecule has 1 N–H and O–H groups in total. The van der Waals surface area contributed by atoms with Gasteiger partial charge in [-0.2, -0.15) is 0 Å². The quantitative estimate of drug-likeness (QED) is 0.922. The average Bonchev–Trinajstić information content (AvgIpc) is 3.05. The van der Waals surface area contributed by atoms with Crippen LogP contribution in [0, 0.1) is 11.7 Å². The van der Waals surface area contributed by atoms with Crippen molar-refractivity contribution in [1.82, 2.24) is 10.2 Å². The molecule has 3 aliphatic heterocycles. The molecule has 6 heteroatoms. The van der Waals surface area contributed by atoms with Crippen LogP contribution in [0.25, 0.3) is 0 Å². The number of amides is 1. The van der Waals surface area contributed by atoms with Crippen LogP contribution >= 0.6 is 11.8 Å². The lowest BCUT2D eigenvalue weighted by atomic mass is 9.84. The molecule has 3 saturated heterocycles. The monoisotopic (exact) mass is 346 g/mol. The third-order valence-corrected chi connectivity index (χ3v) is 5.70. The molecule has 3 fully saturated rings. The molecule has 4 heterocycles. The number of rotatable bonds is 4. The minimum atomic E-state index is -0.285. The van der Waals surface area contributed by atoms with Crippen LogP contribution in [-0.4, -0.2) is 36.5 Å². The molecule has 2 bridgehead atoms. The summed E-state index contributed by atoms with van der Waals surface area (Å²) in [6.45, 7) is 3.22. The van der Waals surface area contributed by atoms with Crippen LogP contribution < -0.4 is 5.32 Å². The number of carbonyl (C=O) groups excluding carboxylic acids is 1. The normalized spacial score (nSPS) is 25.6. The van der Waals surface area contributed by atoms with Gasteiger partial charge in [-0.05, 0) is 62.2 Å². The number of furan rings is 1. The summed E-state index contributed by atoms with van der Waals surface area (Å²) in [7, 11) is 0. The van der Waals surface area contributed by atoms with Gasteiger partial charge in [0.25, 0.3) is 5.91 Å². The van der Waals surface area contributed by atoms with Crippen LogP contribution in [0.5, 0.6) is 0 Å². The van der Waals surface area contributed by atoms with Crippen molar-refractivity contribution < 1.29 is 13.6 Å². The minimum Gasteiger partial charge on any atom is -0.444 e. The predicted molar refractivity (Wildman–Crippen MR) is 89.6 cm³/mol. The van der Waals surface area contributed by atoms with Gasteiger partial charge in [0.15, 0.2) is 10.9 Å². The second-order valence-electron chi connectivity index (χ2n) is 6.40. The van der Waals surface area contributed by atoms with E-state index in [-0.39, 0.29) is 17.8 Å². The van der Waals surface area contributed by atoms with Gasteiger partial charge in [-0.15, -0.1) is 0 Å². The van der Waals surface area contributed by atoms with E-state index in [0.29, 0.717) is 16.8 Å². The molecule has 4 nitrogen and oxygen atoms in total. The summed E-state index contributed by atoms with van der Waals surface area (Å²) in [4.78, 5) is 15.6. The zero-order valence-electron chi connectivity index (χ0n) is 13.2. The molecular formula is C18H19FN2O2S. The molecule has 0 spiro atoms. The van der Waals surface area contributed by atoms with E-state index in [4.69, 9.17) is 4.42 Å². The van der Waals surface area contributed by atoms with Gasteiger partial charge in [-0.3, -0.25) is 4.79 Å². The number of hydrogen-bond acceptors (Lipinski definition) is 4. The van der Waals surface area contributed by atoms with Crippen LogP contribution in [0.2, 0.25) is 0 Å². The Morgan fingerprint density at radius 3 is 2.79 bits per heavy atom. The van der Waals surface area contributed by atoms with Crippen molar-refractivity contribution in [1.29, 1.82) is 0 Å². The number of halogens is 1. The topological polar surface area (TPSA) is 45.5 Å². The Labute approximate surface area is 144 Å². The van der Waals surface area contributed by atoms with Crippen molar-refractivity contribution in [2.24, 2.45) is 5.92 Å². The molecule has 0 aliphatic carbocycles. The van der Waals surface area contributed by atoms with E-state index in [9.17, 15) is 9.18 Å². The Hall–Kier alpha value is -1.79. The van der Waals surface area contributed by atoms with Crippen LogP contribution in [0.3, 0.4) is 0 Å². The summed E-state index contributed by atoms with van der Waals surface area (Å²) in [5, 5.41) is 3.69. The van der Waals surface area contributed by atoms with Crippen molar-refractivity contribution in [3.05, 3.63) is 48.0 Å². The second-order valence-corrected chi connectivity index (χ2v) is 7.47. The maximum absolute atomic E-state index is 13.2. The smallest absolute Gasteiger partial charge is 0.287 e. The van der Waals surface area contributed by atoms with Crippen LogP contribution in [0.4, 0.5) is 4.39 Å². The molecule has 3 aliphatic rings. The molecule has 5 rings (SSSR count). The number of benzene rings is 1. The van der Waals surface area contributed by atoms with Gasteiger partial charge in [-0.25, -0.2) is 4.39 Å². The highest BCUT2D eigenvalue weighted by atomic mass is 32.2. The Morgan fingerprint density at radius 1 is 1.25 bits per heavy atom. The number of fused-ring (bicyclic) bond motifs is 3. The van der Waals surface area contributed by atoms with Crippen LogP contribution in [0.1, 0.15) is 23.4 Å². The summed E-state index contributed by atoms with van der Waals surface area (Å²) in [5.74, 6) is 0.437. The highest BCUT2D eigenvalue weighted by molar-refractivity contribution is 7.99. The Balaban J connectivity index is 1.40. The molecule has 1 aromatic heterocycles. The zero-order chi connectivity index (χ0) is 16.5. The number of carbonyl (C=O) groups is 1. The highest BCUT2D eigenvalue weighted by Gasteiger charge is 2.35.